The lowest BCUT2D eigenvalue weighted by molar-refractivity contribution is -0.128. The van der Waals surface area contributed by atoms with Crippen molar-refractivity contribution in [2.75, 3.05) is 20.3 Å². The molecule has 0 saturated carbocycles. The molecule has 0 atom stereocenters. The van der Waals surface area contributed by atoms with Crippen molar-refractivity contribution in [1.29, 1.82) is 0 Å². The molecule has 1 aliphatic heterocycles. The summed E-state index contributed by atoms with van der Waals surface area (Å²) in [4.78, 5) is 11.2. The van der Waals surface area contributed by atoms with Crippen LogP contribution in [0.5, 0.6) is 0 Å². The van der Waals surface area contributed by atoms with Crippen molar-refractivity contribution in [2.24, 2.45) is 5.10 Å². The molecule has 4 nitrogen and oxygen atoms in total. The van der Waals surface area contributed by atoms with E-state index in [4.69, 9.17) is 4.74 Å². The zero-order valence-electron chi connectivity index (χ0n) is 7.54. The van der Waals surface area contributed by atoms with Crippen molar-refractivity contribution in [3.05, 3.63) is 0 Å². The molecule has 0 N–H and O–H groups in total. The monoisotopic (exact) mass is 170 g/mol. The van der Waals surface area contributed by atoms with Crippen LogP contribution in [0.25, 0.3) is 0 Å². The predicted octanol–water partition coefficient (Wildman–Crippen LogP) is 0.631. The van der Waals surface area contributed by atoms with Crippen LogP contribution in [-0.2, 0) is 9.53 Å². The highest BCUT2D eigenvalue weighted by Gasteiger charge is 2.22. The van der Waals surface area contributed by atoms with E-state index >= 15 is 0 Å². The molecule has 1 rings (SSSR count). The Balaban J connectivity index is 2.48. The van der Waals surface area contributed by atoms with Gasteiger partial charge >= 0.3 is 0 Å². The summed E-state index contributed by atoms with van der Waals surface area (Å²) in [5.41, 5.74) is 0.830. The number of amides is 1. The average Bonchev–Trinajstić information content (AvgIpc) is 2.34. The molecule has 0 bridgehead atoms. The summed E-state index contributed by atoms with van der Waals surface area (Å²) in [5.74, 6) is 0.0869. The van der Waals surface area contributed by atoms with E-state index in [-0.39, 0.29) is 5.91 Å². The molecule has 1 heterocycles. The largest absolute Gasteiger partial charge is 0.379 e. The molecule has 4 heteroatoms. The van der Waals surface area contributed by atoms with Gasteiger partial charge in [0.1, 0.15) is 0 Å². The number of methoxy groups -OCH3 is 1. The first kappa shape index (κ1) is 9.19. The molecular formula is C8H14N2O2. The van der Waals surface area contributed by atoms with Crippen molar-refractivity contribution in [2.45, 2.75) is 19.8 Å². The van der Waals surface area contributed by atoms with E-state index in [9.17, 15) is 4.79 Å². The Morgan fingerprint density at radius 2 is 2.42 bits per heavy atom. The van der Waals surface area contributed by atoms with E-state index < -0.39 is 0 Å². The van der Waals surface area contributed by atoms with E-state index in [0.717, 1.165) is 12.1 Å². The summed E-state index contributed by atoms with van der Waals surface area (Å²) in [6.07, 6.45) is 1.36. The van der Waals surface area contributed by atoms with E-state index in [1.807, 2.05) is 6.92 Å². The number of rotatable bonds is 4. The van der Waals surface area contributed by atoms with Crippen LogP contribution >= 0.6 is 0 Å². The van der Waals surface area contributed by atoms with Gasteiger partial charge in [-0.1, -0.05) is 6.92 Å². The fourth-order valence-electron chi connectivity index (χ4n) is 1.16. The standard InChI is InChI=1S/C8H14N2O2/c1-3-4-10-8(11)5-7(9-10)6-12-2/h3-6H2,1-2H3. The van der Waals surface area contributed by atoms with Gasteiger partial charge in [0.25, 0.3) is 0 Å². The third-order valence-corrected chi connectivity index (χ3v) is 1.65. The summed E-state index contributed by atoms with van der Waals surface area (Å²) in [7, 11) is 1.61. The van der Waals surface area contributed by atoms with Gasteiger partial charge in [0, 0.05) is 13.7 Å². The Bertz CT molecular complexity index is 201. The van der Waals surface area contributed by atoms with Gasteiger partial charge in [-0.05, 0) is 6.42 Å². The highest BCUT2D eigenvalue weighted by Crippen LogP contribution is 2.08. The Kier molecular flexibility index (Phi) is 3.22. The molecule has 0 saturated heterocycles. The van der Waals surface area contributed by atoms with Gasteiger partial charge in [-0.25, -0.2) is 5.01 Å². The smallest absolute Gasteiger partial charge is 0.248 e. The molecule has 0 aromatic carbocycles. The molecule has 0 spiro atoms. The van der Waals surface area contributed by atoms with Gasteiger partial charge < -0.3 is 4.74 Å². The average molecular weight is 170 g/mol. The van der Waals surface area contributed by atoms with Crippen molar-refractivity contribution < 1.29 is 9.53 Å². The van der Waals surface area contributed by atoms with Crippen LogP contribution in [0, 0.1) is 0 Å². The lowest BCUT2D eigenvalue weighted by Crippen LogP contribution is -2.21. The van der Waals surface area contributed by atoms with Gasteiger partial charge in [-0.2, -0.15) is 5.10 Å². The number of carbonyl (C=O) groups excluding carboxylic acids is 1. The first-order valence-corrected chi connectivity index (χ1v) is 4.13. The Morgan fingerprint density at radius 1 is 1.67 bits per heavy atom. The fourth-order valence-corrected chi connectivity index (χ4v) is 1.16. The summed E-state index contributed by atoms with van der Waals surface area (Å²) >= 11 is 0. The van der Waals surface area contributed by atoms with Crippen molar-refractivity contribution in [1.82, 2.24) is 5.01 Å². The molecular weight excluding hydrogens is 156 g/mol. The van der Waals surface area contributed by atoms with Gasteiger partial charge in [0.2, 0.25) is 5.91 Å². The second-order valence-electron chi connectivity index (χ2n) is 2.79. The second-order valence-corrected chi connectivity index (χ2v) is 2.79. The van der Waals surface area contributed by atoms with Crippen LogP contribution in [0.1, 0.15) is 19.8 Å². The minimum Gasteiger partial charge on any atom is -0.379 e. The third-order valence-electron chi connectivity index (χ3n) is 1.65. The van der Waals surface area contributed by atoms with E-state index in [0.29, 0.717) is 19.6 Å². The summed E-state index contributed by atoms with van der Waals surface area (Å²) in [5, 5.41) is 5.65. The Hall–Kier alpha value is -0.900. The van der Waals surface area contributed by atoms with Crippen LogP contribution in [0.2, 0.25) is 0 Å². The minimum absolute atomic E-state index is 0.0869. The van der Waals surface area contributed by atoms with Crippen LogP contribution < -0.4 is 0 Å². The topological polar surface area (TPSA) is 41.9 Å². The van der Waals surface area contributed by atoms with Crippen LogP contribution in [0.4, 0.5) is 0 Å². The van der Waals surface area contributed by atoms with Crippen LogP contribution in [-0.4, -0.2) is 36.9 Å². The lowest BCUT2D eigenvalue weighted by Gasteiger charge is -2.08. The molecule has 0 aliphatic carbocycles. The summed E-state index contributed by atoms with van der Waals surface area (Å²) in [6, 6.07) is 0. The minimum atomic E-state index is 0.0869. The molecule has 0 fully saturated rings. The van der Waals surface area contributed by atoms with Crippen molar-refractivity contribution in [3.8, 4) is 0 Å². The number of carbonyl (C=O) groups is 1. The Morgan fingerprint density at radius 3 is 3.00 bits per heavy atom. The Labute approximate surface area is 72.2 Å². The first-order valence-electron chi connectivity index (χ1n) is 4.13. The van der Waals surface area contributed by atoms with Gasteiger partial charge in [-0.15, -0.1) is 0 Å². The highest BCUT2D eigenvalue weighted by atomic mass is 16.5. The third kappa shape index (κ3) is 2.04. The maximum atomic E-state index is 11.2. The van der Waals surface area contributed by atoms with Crippen LogP contribution in [0.15, 0.2) is 5.10 Å². The van der Waals surface area contributed by atoms with Gasteiger partial charge in [-0.3, -0.25) is 4.79 Å². The molecule has 12 heavy (non-hydrogen) atoms. The highest BCUT2D eigenvalue weighted by molar-refractivity contribution is 6.05. The van der Waals surface area contributed by atoms with Gasteiger partial charge in [0.15, 0.2) is 0 Å². The SMILES string of the molecule is CCCN1N=C(COC)CC1=O. The first-order chi connectivity index (χ1) is 5.77. The fraction of sp³-hybridized carbons (Fsp3) is 0.750. The lowest BCUT2D eigenvalue weighted by atomic mass is 10.3. The number of nitrogens with zero attached hydrogens (tertiary/aromatic N) is 2. The molecule has 0 aromatic heterocycles. The van der Waals surface area contributed by atoms with E-state index in [1.165, 1.54) is 5.01 Å². The maximum absolute atomic E-state index is 11.2. The number of hydrogen-bond donors (Lipinski definition) is 0. The number of hydrogen-bond acceptors (Lipinski definition) is 3. The molecule has 0 aromatic rings. The van der Waals surface area contributed by atoms with Gasteiger partial charge in [0.05, 0.1) is 18.7 Å². The second kappa shape index (κ2) is 4.21. The molecule has 1 aliphatic rings. The van der Waals surface area contributed by atoms with Crippen molar-refractivity contribution in [3.63, 3.8) is 0 Å². The molecule has 0 radical (unpaired) electrons. The molecule has 68 valence electrons. The zero-order chi connectivity index (χ0) is 8.97. The normalized spacial score (nSPS) is 17.0. The molecule has 0 unspecified atom stereocenters. The zero-order valence-corrected chi connectivity index (χ0v) is 7.54. The van der Waals surface area contributed by atoms with E-state index in [1.54, 1.807) is 7.11 Å². The molecule has 1 amide bonds. The quantitative estimate of drug-likeness (QED) is 0.621. The van der Waals surface area contributed by atoms with E-state index in [2.05, 4.69) is 5.10 Å². The van der Waals surface area contributed by atoms with Crippen molar-refractivity contribution >= 4 is 11.6 Å². The number of hydrazone groups is 1. The summed E-state index contributed by atoms with van der Waals surface area (Å²) in [6.45, 7) is 3.20. The predicted molar refractivity (Wildman–Crippen MR) is 45.9 cm³/mol. The number of ether oxygens (including phenoxy) is 1. The van der Waals surface area contributed by atoms with Crippen LogP contribution in [0.3, 0.4) is 0 Å². The maximum Gasteiger partial charge on any atom is 0.248 e. The summed E-state index contributed by atoms with van der Waals surface area (Å²) < 4.78 is 4.89.